The maximum absolute atomic E-state index is 9.47. The van der Waals surface area contributed by atoms with Gasteiger partial charge in [-0.1, -0.05) is 91.0 Å². The van der Waals surface area contributed by atoms with E-state index in [2.05, 4.69) is 11.1 Å². The van der Waals surface area contributed by atoms with Gasteiger partial charge in [0, 0.05) is 12.3 Å². The fourth-order valence-corrected chi connectivity index (χ4v) is 4.09. The predicted molar refractivity (Wildman–Crippen MR) is 140 cm³/mol. The second-order valence-corrected chi connectivity index (χ2v) is 8.42. The van der Waals surface area contributed by atoms with Crippen molar-refractivity contribution in [2.45, 2.75) is 26.2 Å². The number of nitriles is 1. The Morgan fingerprint density at radius 2 is 1.14 bits per heavy atom. The molecule has 0 fully saturated rings. The van der Waals surface area contributed by atoms with Gasteiger partial charge >= 0.3 is 0 Å². The van der Waals surface area contributed by atoms with Crippen LogP contribution in [0.1, 0.15) is 22.3 Å². The highest BCUT2D eigenvalue weighted by Gasteiger charge is 2.21. The van der Waals surface area contributed by atoms with E-state index < -0.39 is 0 Å². The lowest BCUT2D eigenvalue weighted by Crippen LogP contribution is -2.03. The monoisotopic (exact) mass is 474 g/mol. The van der Waals surface area contributed by atoms with Crippen molar-refractivity contribution in [2.75, 3.05) is 0 Å². The molecule has 1 aromatic heterocycles. The Balaban J connectivity index is 1.55. The van der Waals surface area contributed by atoms with Crippen LogP contribution in [0.3, 0.4) is 0 Å². The van der Waals surface area contributed by atoms with Crippen LogP contribution in [0.25, 0.3) is 10.9 Å². The number of benzene rings is 4. The Bertz CT molecular complexity index is 1460. The molecule has 0 aliphatic rings. The van der Waals surface area contributed by atoms with Crippen LogP contribution in [0.15, 0.2) is 103 Å². The molecule has 0 radical (unpaired) electrons. The molecule has 0 bridgehead atoms. The summed E-state index contributed by atoms with van der Waals surface area (Å²) in [6.07, 6.45) is 2.08. The summed E-state index contributed by atoms with van der Waals surface area (Å²) in [5.41, 5.74) is 4.77. The minimum absolute atomic E-state index is 0.238. The van der Waals surface area contributed by atoms with Crippen LogP contribution in [0.5, 0.6) is 17.2 Å². The number of rotatable bonds is 10. The number of fused-ring (bicyclic) bond motifs is 1. The summed E-state index contributed by atoms with van der Waals surface area (Å²) < 4.78 is 18.9. The van der Waals surface area contributed by atoms with Gasteiger partial charge in [0.15, 0.2) is 11.5 Å². The number of H-pyrrole nitrogens is 1. The first-order valence-corrected chi connectivity index (χ1v) is 11.9. The van der Waals surface area contributed by atoms with E-state index in [1.54, 1.807) is 0 Å². The van der Waals surface area contributed by atoms with Gasteiger partial charge in [-0.25, -0.2) is 0 Å². The van der Waals surface area contributed by atoms with Crippen LogP contribution < -0.4 is 14.2 Å². The molecule has 1 heterocycles. The Morgan fingerprint density at radius 1 is 0.639 bits per heavy atom. The zero-order valence-electron chi connectivity index (χ0n) is 19.8. The van der Waals surface area contributed by atoms with Crippen molar-refractivity contribution in [1.82, 2.24) is 4.98 Å². The highest BCUT2D eigenvalue weighted by molar-refractivity contribution is 5.96. The number of hydrogen-bond donors (Lipinski definition) is 1. The zero-order chi connectivity index (χ0) is 24.6. The van der Waals surface area contributed by atoms with Gasteiger partial charge in [0.05, 0.1) is 23.4 Å². The molecule has 0 aliphatic heterocycles. The summed E-state index contributed by atoms with van der Waals surface area (Å²) in [7, 11) is 0. The summed E-state index contributed by atoms with van der Waals surface area (Å²) in [5.74, 6) is 1.82. The van der Waals surface area contributed by atoms with Crippen molar-refractivity contribution in [3.8, 4) is 23.3 Å². The molecule has 0 spiro atoms. The molecule has 4 aromatic carbocycles. The van der Waals surface area contributed by atoms with Gasteiger partial charge in [-0.2, -0.15) is 5.26 Å². The molecule has 0 saturated carbocycles. The summed E-state index contributed by atoms with van der Waals surface area (Å²) in [4.78, 5) is 3.31. The number of aromatic amines is 1. The lowest BCUT2D eigenvalue weighted by atomic mass is 10.1. The van der Waals surface area contributed by atoms with Crippen molar-refractivity contribution < 1.29 is 14.2 Å². The van der Waals surface area contributed by atoms with Crippen LogP contribution in [-0.4, -0.2) is 4.98 Å². The number of hydrogen-bond acceptors (Lipinski definition) is 4. The Kier molecular flexibility index (Phi) is 7.15. The summed E-state index contributed by atoms with van der Waals surface area (Å²) >= 11 is 0. The molecule has 5 nitrogen and oxygen atoms in total. The van der Waals surface area contributed by atoms with Crippen LogP contribution in [0, 0.1) is 11.3 Å². The smallest absolute Gasteiger partial charge is 0.171 e. The van der Waals surface area contributed by atoms with Gasteiger partial charge in [0.2, 0.25) is 0 Å². The van der Waals surface area contributed by atoms with Gasteiger partial charge in [-0.15, -0.1) is 0 Å². The molecule has 5 rings (SSSR count). The molecule has 178 valence electrons. The lowest BCUT2D eigenvalue weighted by Gasteiger charge is -2.18. The van der Waals surface area contributed by atoms with Crippen LogP contribution in [0.4, 0.5) is 0 Å². The summed E-state index contributed by atoms with van der Waals surface area (Å²) in [5, 5.41) is 10.3. The van der Waals surface area contributed by atoms with Crippen molar-refractivity contribution in [3.05, 3.63) is 126 Å². The Hall–Kier alpha value is -4.69. The second kappa shape index (κ2) is 11.2. The Morgan fingerprint density at radius 3 is 1.67 bits per heavy atom. The van der Waals surface area contributed by atoms with Gasteiger partial charge < -0.3 is 19.2 Å². The van der Waals surface area contributed by atoms with Crippen LogP contribution in [-0.2, 0) is 26.2 Å². The molecule has 5 heteroatoms. The normalized spacial score (nSPS) is 10.6. The van der Waals surface area contributed by atoms with E-state index in [4.69, 9.17) is 14.2 Å². The zero-order valence-corrected chi connectivity index (χ0v) is 19.8. The highest BCUT2D eigenvalue weighted by Crippen LogP contribution is 2.44. The third kappa shape index (κ3) is 5.34. The second-order valence-electron chi connectivity index (χ2n) is 8.42. The van der Waals surface area contributed by atoms with Gasteiger partial charge in [-0.3, -0.25) is 0 Å². The maximum atomic E-state index is 9.47. The number of nitrogens with zero attached hydrogens (tertiary/aromatic N) is 1. The van der Waals surface area contributed by atoms with E-state index in [-0.39, 0.29) is 6.42 Å². The molecule has 0 aliphatic carbocycles. The largest absolute Gasteiger partial charge is 0.487 e. The number of aromatic nitrogens is 1. The maximum Gasteiger partial charge on any atom is 0.171 e. The number of nitrogens with one attached hydrogen (secondary N) is 1. The third-order valence-corrected chi connectivity index (χ3v) is 5.89. The van der Waals surface area contributed by atoms with E-state index in [0.717, 1.165) is 33.2 Å². The predicted octanol–water partition coefficient (Wildman–Crippen LogP) is 6.97. The summed E-state index contributed by atoms with van der Waals surface area (Å²) in [6, 6.07) is 34.1. The molecule has 0 atom stereocenters. The fraction of sp³-hybridized carbons (Fsp3) is 0.129. The molecule has 1 N–H and O–H groups in total. The average molecular weight is 475 g/mol. The minimum Gasteiger partial charge on any atom is -0.487 e. The van der Waals surface area contributed by atoms with E-state index in [1.165, 1.54) is 0 Å². The van der Waals surface area contributed by atoms with E-state index in [1.807, 2.05) is 103 Å². The standard InChI is InChI=1S/C31H26N2O3/c32-17-16-26-19-33-30-27(34-20-23-10-4-1-5-11-23)18-28(35-21-24-12-6-2-7-13-24)31(29(26)30)36-22-25-14-8-3-9-15-25/h1-15,18-19,33H,16,20-22H2. The molecule has 0 unspecified atom stereocenters. The first kappa shape index (κ1) is 23.1. The minimum atomic E-state index is 0.238. The van der Waals surface area contributed by atoms with Crippen molar-refractivity contribution >= 4 is 10.9 Å². The van der Waals surface area contributed by atoms with Gasteiger partial charge in [0.25, 0.3) is 0 Å². The topological polar surface area (TPSA) is 67.3 Å². The van der Waals surface area contributed by atoms with Crippen LogP contribution in [0.2, 0.25) is 0 Å². The van der Waals surface area contributed by atoms with Crippen molar-refractivity contribution in [3.63, 3.8) is 0 Å². The van der Waals surface area contributed by atoms with Gasteiger partial charge in [0.1, 0.15) is 25.6 Å². The highest BCUT2D eigenvalue weighted by atomic mass is 16.5. The Labute approximate surface area is 210 Å². The average Bonchev–Trinajstić information content (AvgIpc) is 3.35. The van der Waals surface area contributed by atoms with Crippen molar-refractivity contribution in [1.29, 1.82) is 5.26 Å². The molecular formula is C31H26N2O3. The first-order valence-electron chi connectivity index (χ1n) is 11.9. The van der Waals surface area contributed by atoms with Crippen molar-refractivity contribution in [2.24, 2.45) is 0 Å². The molecule has 0 saturated heterocycles. The van der Waals surface area contributed by atoms with E-state index in [9.17, 15) is 5.26 Å². The fourth-order valence-electron chi connectivity index (χ4n) is 4.09. The van der Waals surface area contributed by atoms with E-state index >= 15 is 0 Å². The quantitative estimate of drug-likeness (QED) is 0.237. The van der Waals surface area contributed by atoms with E-state index in [0.29, 0.717) is 37.1 Å². The molecular weight excluding hydrogens is 448 g/mol. The molecule has 36 heavy (non-hydrogen) atoms. The lowest BCUT2D eigenvalue weighted by molar-refractivity contribution is 0.255. The third-order valence-electron chi connectivity index (χ3n) is 5.89. The molecule has 5 aromatic rings. The van der Waals surface area contributed by atoms with Crippen LogP contribution >= 0.6 is 0 Å². The van der Waals surface area contributed by atoms with Gasteiger partial charge in [-0.05, 0) is 22.3 Å². The SMILES string of the molecule is N#CCc1c[nH]c2c(OCc3ccccc3)cc(OCc3ccccc3)c(OCc3ccccc3)c12. The first-order chi connectivity index (χ1) is 17.8. The molecule has 0 amide bonds. The summed E-state index contributed by atoms with van der Waals surface area (Å²) in [6.45, 7) is 1.16. The number of ether oxygens (including phenoxy) is 3.